The van der Waals surface area contributed by atoms with Crippen LogP contribution in [0.15, 0.2) is 29.9 Å². The van der Waals surface area contributed by atoms with Gasteiger partial charge in [0.05, 0.1) is 17.9 Å². The molecule has 0 amide bonds. The second-order valence-electron chi connectivity index (χ2n) is 3.92. The highest BCUT2D eigenvalue weighted by Gasteiger charge is 2.08. The molecule has 3 aromatic heterocycles. The second-order valence-corrected chi connectivity index (χ2v) is 5.18. The highest BCUT2D eigenvalue weighted by atomic mass is 35.5. The van der Waals surface area contributed by atoms with Gasteiger partial charge in [-0.2, -0.15) is 0 Å². The molecular formula is C12H11ClN4S. The van der Waals surface area contributed by atoms with Crippen LogP contribution in [0.5, 0.6) is 0 Å². The van der Waals surface area contributed by atoms with Crippen LogP contribution in [0.4, 0.5) is 5.69 Å². The molecule has 3 heterocycles. The number of imidazole rings is 1. The monoisotopic (exact) mass is 278 g/mol. The molecule has 18 heavy (non-hydrogen) atoms. The number of nitrogens with zero attached hydrogens (tertiary/aromatic N) is 3. The normalized spacial score (nSPS) is 11.0. The lowest BCUT2D eigenvalue weighted by molar-refractivity contribution is 0.993. The molecule has 92 valence electrons. The maximum absolute atomic E-state index is 5.85. The molecule has 0 spiro atoms. The number of hydrogen-bond acceptors (Lipinski definition) is 4. The van der Waals surface area contributed by atoms with Crippen LogP contribution in [0.3, 0.4) is 0 Å². The van der Waals surface area contributed by atoms with Crippen molar-refractivity contribution in [3.05, 3.63) is 46.4 Å². The first-order valence-electron chi connectivity index (χ1n) is 5.50. The Morgan fingerprint density at radius 1 is 1.50 bits per heavy atom. The zero-order valence-corrected chi connectivity index (χ0v) is 11.3. The number of aromatic nitrogens is 3. The van der Waals surface area contributed by atoms with E-state index in [1.54, 1.807) is 17.5 Å². The maximum atomic E-state index is 5.85. The molecule has 0 bridgehead atoms. The average Bonchev–Trinajstić information content (AvgIpc) is 2.87. The molecule has 1 N–H and O–H groups in total. The third-order valence-electron chi connectivity index (χ3n) is 2.75. The van der Waals surface area contributed by atoms with Crippen molar-refractivity contribution >= 4 is 33.6 Å². The van der Waals surface area contributed by atoms with E-state index in [0.717, 1.165) is 16.3 Å². The number of halogens is 1. The number of nitrogens with one attached hydrogen (secondary N) is 1. The number of hydrogen-bond donors (Lipinski definition) is 1. The van der Waals surface area contributed by atoms with Crippen LogP contribution in [0.2, 0.25) is 5.15 Å². The summed E-state index contributed by atoms with van der Waals surface area (Å²) in [6, 6.07) is 3.70. The van der Waals surface area contributed by atoms with E-state index in [9.17, 15) is 0 Å². The molecule has 0 aliphatic rings. The molecule has 0 aliphatic carbocycles. The Bertz CT molecular complexity index is 688. The van der Waals surface area contributed by atoms with Crippen LogP contribution in [0.1, 0.15) is 11.4 Å². The molecule has 3 aromatic rings. The number of thiazole rings is 1. The number of anilines is 1. The van der Waals surface area contributed by atoms with Gasteiger partial charge in [-0.1, -0.05) is 11.6 Å². The summed E-state index contributed by atoms with van der Waals surface area (Å²) in [5.41, 5.74) is 3.17. The summed E-state index contributed by atoms with van der Waals surface area (Å²) in [6.07, 6.45) is 3.73. The summed E-state index contributed by atoms with van der Waals surface area (Å²) < 4.78 is 2.11. The van der Waals surface area contributed by atoms with Gasteiger partial charge < -0.3 is 5.32 Å². The van der Waals surface area contributed by atoms with Crippen LogP contribution in [0.25, 0.3) is 4.96 Å². The molecule has 0 aliphatic heterocycles. The largest absolute Gasteiger partial charge is 0.379 e. The van der Waals surface area contributed by atoms with Crippen LogP contribution >= 0.6 is 22.9 Å². The van der Waals surface area contributed by atoms with Gasteiger partial charge in [0.2, 0.25) is 0 Å². The van der Waals surface area contributed by atoms with E-state index >= 15 is 0 Å². The summed E-state index contributed by atoms with van der Waals surface area (Å²) in [4.78, 5) is 9.48. The zero-order chi connectivity index (χ0) is 12.5. The minimum Gasteiger partial charge on any atom is -0.379 e. The Morgan fingerprint density at radius 2 is 2.39 bits per heavy atom. The molecule has 4 nitrogen and oxygen atoms in total. The van der Waals surface area contributed by atoms with Gasteiger partial charge in [0, 0.05) is 23.5 Å². The average molecular weight is 279 g/mol. The van der Waals surface area contributed by atoms with E-state index in [1.165, 1.54) is 5.69 Å². The SMILES string of the molecule is Cc1nc2sccn2c1CNc1ccnc(Cl)c1. The Kier molecular flexibility index (Phi) is 2.93. The summed E-state index contributed by atoms with van der Waals surface area (Å²) >= 11 is 7.49. The Balaban J connectivity index is 1.84. The molecule has 0 radical (unpaired) electrons. The fraction of sp³-hybridized carbons (Fsp3) is 0.167. The molecule has 0 unspecified atom stereocenters. The zero-order valence-electron chi connectivity index (χ0n) is 9.72. The van der Waals surface area contributed by atoms with Gasteiger partial charge >= 0.3 is 0 Å². The standard InChI is InChI=1S/C12H11ClN4S/c1-8-10(17-4-5-18-12(17)16-8)7-15-9-2-3-14-11(13)6-9/h2-6H,7H2,1H3,(H,14,15). The highest BCUT2D eigenvalue weighted by Crippen LogP contribution is 2.19. The molecule has 3 rings (SSSR count). The van der Waals surface area contributed by atoms with Crippen molar-refractivity contribution in [3.8, 4) is 0 Å². The third kappa shape index (κ3) is 2.07. The summed E-state index contributed by atoms with van der Waals surface area (Å²) in [5.74, 6) is 0. The number of fused-ring (bicyclic) bond motifs is 1. The number of aryl methyl sites for hydroxylation is 1. The van der Waals surface area contributed by atoms with Crippen molar-refractivity contribution in [2.24, 2.45) is 0 Å². The van der Waals surface area contributed by atoms with E-state index in [0.29, 0.717) is 11.7 Å². The predicted octanol–water partition coefficient (Wildman–Crippen LogP) is 3.36. The van der Waals surface area contributed by atoms with Crippen molar-refractivity contribution in [1.82, 2.24) is 14.4 Å². The summed E-state index contributed by atoms with van der Waals surface area (Å²) in [5, 5.41) is 5.86. The molecular weight excluding hydrogens is 268 g/mol. The van der Waals surface area contributed by atoms with Gasteiger partial charge in [-0.15, -0.1) is 11.3 Å². The quantitative estimate of drug-likeness (QED) is 0.747. The molecule has 0 saturated carbocycles. The molecule has 6 heteroatoms. The van der Waals surface area contributed by atoms with E-state index in [1.807, 2.05) is 30.6 Å². The van der Waals surface area contributed by atoms with Crippen molar-refractivity contribution < 1.29 is 0 Å². The first-order chi connectivity index (χ1) is 8.74. The lowest BCUT2D eigenvalue weighted by Gasteiger charge is -2.06. The lowest BCUT2D eigenvalue weighted by Crippen LogP contribution is -2.03. The van der Waals surface area contributed by atoms with E-state index in [-0.39, 0.29) is 0 Å². The van der Waals surface area contributed by atoms with Crippen molar-refractivity contribution in [3.63, 3.8) is 0 Å². The van der Waals surface area contributed by atoms with E-state index in [2.05, 4.69) is 19.7 Å². The van der Waals surface area contributed by atoms with Crippen molar-refractivity contribution in [2.45, 2.75) is 13.5 Å². The van der Waals surface area contributed by atoms with Crippen LogP contribution < -0.4 is 5.32 Å². The van der Waals surface area contributed by atoms with Gasteiger partial charge in [-0.25, -0.2) is 9.97 Å². The topological polar surface area (TPSA) is 42.2 Å². The third-order valence-corrected chi connectivity index (χ3v) is 3.71. The van der Waals surface area contributed by atoms with Gasteiger partial charge in [0.1, 0.15) is 5.15 Å². The fourth-order valence-corrected chi connectivity index (χ4v) is 2.80. The minimum absolute atomic E-state index is 0.491. The predicted molar refractivity (Wildman–Crippen MR) is 74.4 cm³/mol. The van der Waals surface area contributed by atoms with Crippen LogP contribution in [-0.4, -0.2) is 14.4 Å². The fourth-order valence-electron chi connectivity index (χ4n) is 1.85. The van der Waals surface area contributed by atoms with Gasteiger partial charge in [-0.05, 0) is 19.1 Å². The minimum atomic E-state index is 0.491. The van der Waals surface area contributed by atoms with E-state index in [4.69, 9.17) is 11.6 Å². The van der Waals surface area contributed by atoms with Gasteiger partial charge in [0.15, 0.2) is 4.96 Å². The maximum Gasteiger partial charge on any atom is 0.194 e. The smallest absolute Gasteiger partial charge is 0.194 e. The Hall–Kier alpha value is -1.59. The molecule has 0 atom stereocenters. The molecule has 0 saturated heterocycles. The first kappa shape index (κ1) is 11.5. The number of pyridine rings is 1. The van der Waals surface area contributed by atoms with Crippen molar-refractivity contribution in [2.75, 3.05) is 5.32 Å². The first-order valence-corrected chi connectivity index (χ1v) is 6.76. The Labute approximate surface area is 113 Å². The molecule has 0 aromatic carbocycles. The van der Waals surface area contributed by atoms with Gasteiger partial charge in [0.25, 0.3) is 0 Å². The summed E-state index contributed by atoms with van der Waals surface area (Å²) in [6.45, 7) is 2.74. The summed E-state index contributed by atoms with van der Waals surface area (Å²) in [7, 11) is 0. The van der Waals surface area contributed by atoms with Crippen molar-refractivity contribution in [1.29, 1.82) is 0 Å². The second kappa shape index (κ2) is 4.59. The van der Waals surface area contributed by atoms with Crippen LogP contribution in [-0.2, 0) is 6.54 Å². The van der Waals surface area contributed by atoms with E-state index < -0.39 is 0 Å². The highest BCUT2D eigenvalue weighted by molar-refractivity contribution is 7.15. The Morgan fingerprint density at radius 3 is 3.22 bits per heavy atom. The van der Waals surface area contributed by atoms with Crippen LogP contribution in [0, 0.1) is 6.92 Å². The molecule has 0 fully saturated rings. The number of rotatable bonds is 3. The lowest BCUT2D eigenvalue weighted by atomic mass is 10.3. The van der Waals surface area contributed by atoms with Gasteiger partial charge in [-0.3, -0.25) is 4.40 Å².